The van der Waals surface area contributed by atoms with Crippen LogP contribution >= 0.6 is 12.2 Å². The smallest absolute Gasteiger partial charge is 0.235 e. The molecule has 0 atom stereocenters. The highest BCUT2D eigenvalue weighted by Crippen LogP contribution is 2.47. The molecule has 1 saturated carbocycles. The maximum Gasteiger partial charge on any atom is 0.235 e. The van der Waals surface area contributed by atoms with Crippen molar-refractivity contribution in [2.45, 2.75) is 32.1 Å². The van der Waals surface area contributed by atoms with E-state index in [1.807, 2.05) is 0 Å². The third-order valence-corrected chi connectivity index (χ3v) is 3.52. The zero-order chi connectivity index (χ0) is 12.2. The number of hydrogen-bond donors (Lipinski definition) is 2. The van der Waals surface area contributed by atoms with Crippen LogP contribution in [0, 0.1) is 5.41 Å². The molecule has 0 bridgehead atoms. The van der Waals surface area contributed by atoms with Crippen LogP contribution in [0.3, 0.4) is 0 Å². The summed E-state index contributed by atoms with van der Waals surface area (Å²) in [5, 5.41) is 8.64. The average Bonchev–Trinajstić information content (AvgIpc) is 3.04. The quantitative estimate of drug-likeness (QED) is 0.510. The highest BCUT2D eigenvalue weighted by Gasteiger charge is 2.53. The summed E-state index contributed by atoms with van der Waals surface area (Å²) in [6.07, 6.45) is 4.23. The van der Waals surface area contributed by atoms with Gasteiger partial charge in [0.1, 0.15) is 0 Å². The van der Waals surface area contributed by atoms with Gasteiger partial charge < -0.3 is 15.7 Å². The maximum absolute atomic E-state index is 12.0. The van der Waals surface area contributed by atoms with Crippen molar-refractivity contribution in [2.75, 3.05) is 20.2 Å². The minimum atomic E-state index is -0.527. The standard InChI is InChI=1S/C11H20N2O2S/c1-13(7-3-2-4-8-14)10(15)11(5-6-11)9(12)16/h14H,2-8H2,1H3,(H2,12,16). The van der Waals surface area contributed by atoms with E-state index in [1.54, 1.807) is 11.9 Å². The number of amides is 1. The number of unbranched alkanes of at least 4 members (excludes halogenated alkanes) is 2. The predicted molar refractivity (Wildman–Crippen MR) is 67.0 cm³/mol. The first kappa shape index (κ1) is 13.4. The lowest BCUT2D eigenvalue weighted by Crippen LogP contribution is -2.41. The van der Waals surface area contributed by atoms with Gasteiger partial charge in [0.25, 0.3) is 0 Å². The molecule has 1 rings (SSSR count). The van der Waals surface area contributed by atoms with Gasteiger partial charge in [0.05, 0.1) is 10.4 Å². The van der Waals surface area contributed by atoms with Gasteiger partial charge in [-0.15, -0.1) is 0 Å². The van der Waals surface area contributed by atoms with E-state index in [-0.39, 0.29) is 12.5 Å². The normalized spacial score (nSPS) is 16.9. The summed E-state index contributed by atoms with van der Waals surface area (Å²) in [7, 11) is 1.79. The molecule has 1 amide bonds. The lowest BCUT2D eigenvalue weighted by atomic mass is 10.1. The Labute approximate surface area is 102 Å². The van der Waals surface area contributed by atoms with Crippen LogP contribution in [0.5, 0.6) is 0 Å². The minimum absolute atomic E-state index is 0.0593. The van der Waals surface area contributed by atoms with Gasteiger partial charge in [-0.1, -0.05) is 12.2 Å². The van der Waals surface area contributed by atoms with Crippen molar-refractivity contribution in [1.29, 1.82) is 0 Å². The van der Waals surface area contributed by atoms with E-state index in [1.165, 1.54) is 0 Å². The second kappa shape index (κ2) is 5.59. The van der Waals surface area contributed by atoms with Crippen molar-refractivity contribution >= 4 is 23.1 Å². The molecule has 5 heteroatoms. The summed E-state index contributed by atoms with van der Waals surface area (Å²) >= 11 is 4.94. The van der Waals surface area contributed by atoms with Crippen LogP contribution in [-0.2, 0) is 4.79 Å². The number of nitrogens with zero attached hydrogens (tertiary/aromatic N) is 1. The summed E-state index contributed by atoms with van der Waals surface area (Å²) < 4.78 is 0. The fraction of sp³-hybridized carbons (Fsp3) is 0.818. The number of hydrogen-bond acceptors (Lipinski definition) is 3. The molecule has 0 aliphatic heterocycles. The van der Waals surface area contributed by atoms with E-state index in [9.17, 15) is 4.79 Å². The molecule has 0 aromatic rings. The minimum Gasteiger partial charge on any atom is -0.396 e. The Morgan fingerprint density at radius 1 is 1.44 bits per heavy atom. The molecular weight excluding hydrogens is 224 g/mol. The van der Waals surface area contributed by atoms with Crippen molar-refractivity contribution < 1.29 is 9.90 Å². The molecule has 0 aromatic carbocycles. The van der Waals surface area contributed by atoms with Gasteiger partial charge in [-0.05, 0) is 32.1 Å². The Hall–Kier alpha value is -0.680. The Balaban J connectivity index is 2.34. The second-order valence-electron chi connectivity index (χ2n) is 4.46. The van der Waals surface area contributed by atoms with Crippen LogP contribution < -0.4 is 5.73 Å². The summed E-state index contributed by atoms with van der Waals surface area (Å²) in [6, 6.07) is 0. The lowest BCUT2D eigenvalue weighted by molar-refractivity contribution is -0.133. The van der Waals surface area contributed by atoms with E-state index >= 15 is 0 Å². The van der Waals surface area contributed by atoms with Gasteiger partial charge in [-0.25, -0.2) is 0 Å². The Kier molecular flexibility index (Phi) is 4.68. The van der Waals surface area contributed by atoms with E-state index in [4.69, 9.17) is 23.1 Å². The number of rotatable bonds is 7. The first-order chi connectivity index (χ1) is 7.54. The molecule has 0 aromatic heterocycles. The monoisotopic (exact) mass is 244 g/mol. The van der Waals surface area contributed by atoms with Crippen molar-refractivity contribution in [3.63, 3.8) is 0 Å². The Bertz CT molecular complexity index is 277. The number of nitrogens with two attached hydrogens (primary N) is 1. The number of aliphatic hydroxyl groups excluding tert-OH is 1. The molecule has 3 N–H and O–H groups in total. The molecule has 0 spiro atoms. The largest absolute Gasteiger partial charge is 0.396 e. The van der Waals surface area contributed by atoms with Crippen LogP contribution in [0.1, 0.15) is 32.1 Å². The molecule has 16 heavy (non-hydrogen) atoms. The average molecular weight is 244 g/mol. The van der Waals surface area contributed by atoms with Gasteiger partial charge in [-0.3, -0.25) is 4.79 Å². The number of aliphatic hydroxyl groups is 1. The van der Waals surface area contributed by atoms with Crippen molar-refractivity contribution in [3.8, 4) is 0 Å². The molecule has 1 aliphatic rings. The third-order valence-electron chi connectivity index (χ3n) is 3.13. The van der Waals surface area contributed by atoms with Crippen LogP contribution in [0.15, 0.2) is 0 Å². The van der Waals surface area contributed by atoms with Crippen LogP contribution in [0.4, 0.5) is 0 Å². The summed E-state index contributed by atoms with van der Waals surface area (Å²) in [6.45, 7) is 0.928. The highest BCUT2D eigenvalue weighted by molar-refractivity contribution is 7.80. The number of carbonyl (C=O) groups is 1. The van der Waals surface area contributed by atoms with E-state index in [0.29, 0.717) is 11.5 Å². The van der Waals surface area contributed by atoms with E-state index in [0.717, 1.165) is 32.1 Å². The zero-order valence-electron chi connectivity index (χ0n) is 9.74. The lowest BCUT2D eigenvalue weighted by Gasteiger charge is -2.22. The second-order valence-corrected chi connectivity index (χ2v) is 4.90. The Morgan fingerprint density at radius 2 is 2.06 bits per heavy atom. The maximum atomic E-state index is 12.0. The Morgan fingerprint density at radius 3 is 2.50 bits per heavy atom. The molecule has 0 radical (unpaired) electrons. The molecule has 1 aliphatic carbocycles. The van der Waals surface area contributed by atoms with Gasteiger partial charge in [0.15, 0.2) is 0 Å². The van der Waals surface area contributed by atoms with Crippen molar-refractivity contribution in [1.82, 2.24) is 4.90 Å². The first-order valence-electron chi connectivity index (χ1n) is 5.71. The SMILES string of the molecule is CN(CCCCCO)C(=O)C1(C(N)=S)CC1. The van der Waals surface area contributed by atoms with Gasteiger partial charge in [0.2, 0.25) is 5.91 Å². The van der Waals surface area contributed by atoms with Crippen molar-refractivity contribution in [3.05, 3.63) is 0 Å². The molecule has 0 unspecified atom stereocenters. The van der Waals surface area contributed by atoms with Crippen molar-refractivity contribution in [2.24, 2.45) is 11.1 Å². The third kappa shape index (κ3) is 2.92. The summed E-state index contributed by atoms with van der Waals surface area (Å²) in [4.78, 5) is 14.1. The predicted octanol–water partition coefficient (Wildman–Crippen LogP) is 0.674. The number of carbonyl (C=O) groups excluding carboxylic acids is 1. The molecular formula is C11H20N2O2S. The molecule has 92 valence electrons. The van der Waals surface area contributed by atoms with Gasteiger partial charge in [0, 0.05) is 20.2 Å². The van der Waals surface area contributed by atoms with E-state index < -0.39 is 5.41 Å². The van der Waals surface area contributed by atoms with Gasteiger partial charge in [-0.2, -0.15) is 0 Å². The van der Waals surface area contributed by atoms with Crippen LogP contribution in [0.25, 0.3) is 0 Å². The van der Waals surface area contributed by atoms with Gasteiger partial charge >= 0.3 is 0 Å². The summed E-state index contributed by atoms with van der Waals surface area (Å²) in [5.74, 6) is 0.0593. The summed E-state index contributed by atoms with van der Waals surface area (Å²) in [5.41, 5.74) is 5.07. The molecule has 1 fully saturated rings. The van der Waals surface area contributed by atoms with Crippen LogP contribution in [-0.4, -0.2) is 41.1 Å². The fourth-order valence-corrected chi connectivity index (χ4v) is 2.09. The molecule has 0 heterocycles. The highest BCUT2D eigenvalue weighted by atomic mass is 32.1. The zero-order valence-corrected chi connectivity index (χ0v) is 10.6. The topological polar surface area (TPSA) is 66.6 Å². The fourth-order valence-electron chi connectivity index (χ4n) is 1.80. The molecule has 0 saturated heterocycles. The van der Waals surface area contributed by atoms with E-state index in [2.05, 4.69) is 0 Å². The molecule has 4 nitrogen and oxygen atoms in total. The van der Waals surface area contributed by atoms with Crippen LogP contribution in [0.2, 0.25) is 0 Å². The number of thiocarbonyl (C=S) groups is 1. The first-order valence-corrected chi connectivity index (χ1v) is 6.12.